The molecule has 1 aromatic heterocycles. The number of piperidine rings is 1. The number of amides is 1. The molecule has 4 fully saturated rings. The lowest BCUT2D eigenvalue weighted by molar-refractivity contribution is -0.121. The zero-order valence-corrected chi connectivity index (χ0v) is 21.1. The summed E-state index contributed by atoms with van der Waals surface area (Å²) < 4.78 is 20.7. The van der Waals surface area contributed by atoms with E-state index in [0.29, 0.717) is 40.8 Å². The van der Waals surface area contributed by atoms with Gasteiger partial charge in [-0.05, 0) is 68.0 Å². The van der Waals surface area contributed by atoms with Crippen LogP contribution in [-0.4, -0.2) is 66.2 Å². The molecule has 1 aliphatic carbocycles. The third kappa shape index (κ3) is 4.80. The summed E-state index contributed by atoms with van der Waals surface area (Å²) >= 11 is 0. The van der Waals surface area contributed by atoms with Gasteiger partial charge in [0.2, 0.25) is 5.91 Å². The second kappa shape index (κ2) is 9.78. The number of ether oxygens (including phenoxy) is 1. The molecule has 3 saturated heterocycles. The smallest absolute Gasteiger partial charge is 0.262 e. The maximum Gasteiger partial charge on any atom is 0.262 e. The molecular formula is C28H32FN5O3. The van der Waals surface area contributed by atoms with Crippen molar-refractivity contribution in [3.63, 3.8) is 0 Å². The standard InChI is InChI=1S/C28H32FN5O3/c1-37-25-14-19(4-6-23(25)29)27-31-24-7-5-21(33-13-12-32-10-8-20(33)9-11-32)15-22(24)28(36)34(27)17-26(35)30-16-18-2-3-18/h4-7,14-15,18,20H,2-3,8-13,16-17H2,1H3,(H,30,35). The van der Waals surface area contributed by atoms with Crippen molar-refractivity contribution in [2.45, 2.75) is 38.3 Å². The first kappa shape index (κ1) is 23.9. The molecule has 2 bridgehead atoms. The number of hydrogen-bond donors (Lipinski definition) is 1. The lowest BCUT2D eigenvalue weighted by Gasteiger charge is -2.33. The van der Waals surface area contributed by atoms with Gasteiger partial charge in [-0.3, -0.25) is 14.2 Å². The first-order chi connectivity index (χ1) is 18.0. The van der Waals surface area contributed by atoms with Gasteiger partial charge in [-0.2, -0.15) is 0 Å². The Labute approximate surface area is 215 Å². The molecule has 194 valence electrons. The highest BCUT2D eigenvalue weighted by molar-refractivity contribution is 5.85. The summed E-state index contributed by atoms with van der Waals surface area (Å²) in [6, 6.07) is 10.7. The van der Waals surface area contributed by atoms with Crippen LogP contribution in [-0.2, 0) is 11.3 Å². The van der Waals surface area contributed by atoms with Crippen LogP contribution in [0.3, 0.4) is 0 Å². The zero-order chi connectivity index (χ0) is 25.5. The van der Waals surface area contributed by atoms with Gasteiger partial charge in [0.1, 0.15) is 12.4 Å². The Kier molecular flexibility index (Phi) is 6.32. The van der Waals surface area contributed by atoms with Crippen LogP contribution in [0.1, 0.15) is 25.7 Å². The summed E-state index contributed by atoms with van der Waals surface area (Å²) in [7, 11) is 1.39. The predicted octanol–water partition coefficient (Wildman–Crippen LogP) is 3.02. The van der Waals surface area contributed by atoms with Gasteiger partial charge in [0.15, 0.2) is 11.6 Å². The van der Waals surface area contributed by atoms with Crippen LogP contribution < -0.4 is 20.5 Å². The number of nitrogens with one attached hydrogen (secondary N) is 1. The van der Waals surface area contributed by atoms with Crippen LogP contribution in [0, 0.1) is 11.7 Å². The minimum absolute atomic E-state index is 0.0544. The van der Waals surface area contributed by atoms with E-state index in [2.05, 4.69) is 15.1 Å². The Balaban J connectivity index is 1.43. The maximum absolute atomic E-state index is 14.1. The van der Waals surface area contributed by atoms with Crippen LogP contribution in [0.4, 0.5) is 10.1 Å². The van der Waals surface area contributed by atoms with Gasteiger partial charge in [-0.15, -0.1) is 0 Å². The van der Waals surface area contributed by atoms with E-state index in [0.717, 1.165) is 57.5 Å². The van der Waals surface area contributed by atoms with Crippen molar-refractivity contribution in [3.8, 4) is 17.1 Å². The Morgan fingerprint density at radius 1 is 1.08 bits per heavy atom. The van der Waals surface area contributed by atoms with E-state index >= 15 is 0 Å². The molecule has 0 radical (unpaired) electrons. The molecule has 0 unspecified atom stereocenters. The van der Waals surface area contributed by atoms with Gasteiger partial charge in [0, 0.05) is 50.0 Å². The first-order valence-corrected chi connectivity index (χ1v) is 13.1. The second-order valence-electron chi connectivity index (χ2n) is 10.4. The van der Waals surface area contributed by atoms with Crippen molar-refractivity contribution >= 4 is 22.5 Å². The van der Waals surface area contributed by atoms with Gasteiger partial charge >= 0.3 is 0 Å². The van der Waals surface area contributed by atoms with Crippen molar-refractivity contribution in [2.75, 3.05) is 44.7 Å². The fourth-order valence-electron chi connectivity index (χ4n) is 5.56. The van der Waals surface area contributed by atoms with E-state index in [9.17, 15) is 14.0 Å². The van der Waals surface area contributed by atoms with E-state index in [4.69, 9.17) is 9.72 Å². The van der Waals surface area contributed by atoms with Crippen LogP contribution >= 0.6 is 0 Å². The van der Waals surface area contributed by atoms with Gasteiger partial charge in [-0.25, -0.2) is 9.37 Å². The molecule has 7 rings (SSSR count). The molecule has 8 nitrogen and oxygen atoms in total. The Morgan fingerprint density at radius 3 is 2.65 bits per heavy atom. The Bertz CT molecular complexity index is 1390. The normalized spacial score (nSPS) is 21.2. The molecule has 3 aromatic rings. The Hall–Kier alpha value is -3.46. The Morgan fingerprint density at radius 2 is 1.89 bits per heavy atom. The number of carbonyl (C=O) groups excluding carboxylic acids is 1. The van der Waals surface area contributed by atoms with Gasteiger partial charge in [0.05, 0.1) is 18.0 Å². The number of benzene rings is 2. The van der Waals surface area contributed by atoms with Gasteiger partial charge in [-0.1, -0.05) is 0 Å². The molecule has 1 amide bonds. The van der Waals surface area contributed by atoms with Crippen molar-refractivity contribution < 1.29 is 13.9 Å². The molecule has 4 heterocycles. The molecule has 4 aliphatic rings. The summed E-state index contributed by atoms with van der Waals surface area (Å²) in [4.78, 5) is 36.5. The van der Waals surface area contributed by atoms with Crippen molar-refractivity contribution in [2.24, 2.45) is 5.92 Å². The molecule has 0 spiro atoms. The minimum Gasteiger partial charge on any atom is -0.494 e. The van der Waals surface area contributed by atoms with Gasteiger partial charge in [0.25, 0.3) is 5.56 Å². The fourth-order valence-corrected chi connectivity index (χ4v) is 5.56. The van der Waals surface area contributed by atoms with E-state index in [1.165, 1.54) is 23.8 Å². The van der Waals surface area contributed by atoms with E-state index in [-0.39, 0.29) is 23.8 Å². The highest BCUT2D eigenvalue weighted by atomic mass is 19.1. The summed E-state index contributed by atoms with van der Waals surface area (Å²) in [5.41, 5.74) is 1.79. The number of rotatable bonds is 7. The van der Waals surface area contributed by atoms with Crippen molar-refractivity contribution in [1.29, 1.82) is 0 Å². The monoisotopic (exact) mass is 505 g/mol. The van der Waals surface area contributed by atoms with Crippen LogP contribution in [0.5, 0.6) is 5.75 Å². The third-order valence-corrected chi connectivity index (χ3v) is 7.92. The minimum atomic E-state index is -0.504. The predicted molar refractivity (Wildman–Crippen MR) is 140 cm³/mol. The lowest BCUT2D eigenvalue weighted by atomic mass is 10.0. The van der Waals surface area contributed by atoms with E-state index < -0.39 is 5.82 Å². The molecule has 9 heteroatoms. The number of methoxy groups -OCH3 is 1. The van der Waals surface area contributed by atoms with Gasteiger partial charge < -0.3 is 19.9 Å². The maximum atomic E-state index is 14.1. The van der Waals surface area contributed by atoms with Crippen LogP contribution in [0.2, 0.25) is 0 Å². The van der Waals surface area contributed by atoms with E-state index in [1.807, 2.05) is 18.2 Å². The number of nitrogens with zero attached hydrogens (tertiary/aromatic N) is 4. The second-order valence-corrected chi connectivity index (χ2v) is 10.4. The highest BCUT2D eigenvalue weighted by Gasteiger charge is 2.29. The summed E-state index contributed by atoms with van der Waals surface area (Å²) in [6.07, 6.45) is 4.48. The van der Waals surface area contributed by atoms with Crippen LogP contribution in [0.15, 0.2) is 41.2 Å². The SMILES string of the molecule is COc1cc(-c2nc3ccc(N4CCN5CCC4CC5)cc3c(=O)n2CC(=O)NCC2CC2)ccc1F. The highest BCUT2D eigenvalue weighted by Crippen LogP contribution is 2.30. The first-order valence-electron chi connectivity index (χ1n) is 13.1. The third-order valence-electron chi connectivity index (χ3n) is 7.92. The van der Waals surface area contributed by atoms with Crippen molar-refractivity contribution in [1.82, 2.24) is 19.8 Å². The van der Waals surface area contributed by atoms with Crippen molar-refractivity contribution in [3.05, 3.63) is 52.6 Å². The molecule has 1 N–H and O–H groups in total. The number of aromatic nitrogens is 2. The lowest BCUT2D eigenvalue weighted by Crippen LogP contribution is -2.38. The zero-order valence-electron chi connectivity index (χ0n) is 21.1. The number of carbonyl (C=O) groups is 1. The fraction of sp³-hybridized carbons (Fsp3) is 0.464. The number of hydrogen-bond acceptors (Lipinski definition) is 6. The molecule has 0 atom stereocenters. The summed E-state index contributed by atoms with van der Waals surface area (Å²) in [5.74, 6) is 0.153. The molecular weight excluding hydrogens is 473 g/mol. The average molecular weight is 506 g/mol. The molecule has 3 aliphatic heterocycles. The summed E-state index contributed by atoms with van der Waals surface area (Å²) in [5, 5.41) is 3.42. The quantitative estimate of drug-likeness (QED) is 0.532. The number of anilines is 1. The number of fused-ring (bicyclic) bond motifs is 5. The summed E-state index contributed by atoms with van der Waals surface area (Å²) in [6.45, 7) is 4.63. The molecule has 37 heavy (non-hydrogen) atoms. The molecule has 1 saturated carbocycles. The topological polar surface area (TPSA) is 79.7 Å². The average Bonchev–Trinajstić information content (AvgIpc) is 3.78. The van der Waals surface area contributed by atoms with Crippen LogP contribution in [0.25, 0.3) is 22.3 Å². The number of halogens is 1. The largest absolute Gasteiger partial charge is 0.494 e. The molecule has 2 aromatic carbocycles. The van der Waals surface area contributed by atoms with E-state index in [1.54, 1.807) is 6.07 Å².